The molecule has 3 rings (SSSR count). The van der Waals surface area contributed by atoms with Crippen molar-refractivity contribution in [1.82, 2.24) is 10.3 Å². The summed E-state index contributed by atoms with van der Waals surface area (Å²) in [5.74, 6) is -0.316. The number of nitrogens with one attached hydrogen (secondary N) is 2. The van der Waals surface area contributed by atoms with Crippen LogP contribution in [0.15, 0.2) is 78.0 Å². The number of anilines is 1. The molecule has 0 aliphatic heterocycles. The zero-order chi connectivity index (χ0) is 20.0. The van der Waals surface area contributed by atoms with Crippen LogP contribution in [0.5, 0.6) is 0 Å². The highest BCUT2D eigenvalue weighted by molar-refractivity contribution is 7.92. The van der Waals surface area contributed by atoms with Crippen LogP contribution in [0.3, 0.4) is 0 Å². The minimum atomic E-state index is -3.88. The highest BCUT2D eigenvalue weighted by Crippen LogP contribution is 2.19. The summed E-state index contributed by atoms with van der Waals surface area (Å²) in [6, 6.07) is 17.4. The maximum absolute atomic E-state index is 12.5. The van der Waals surface area contributed by atoms with E-state index in [9.17, 15) is 13.2 Å². The number of amides is 1. The largest absolute Gasteiger partial charge is 0.348 e. The molecule has 3 aromatic rings. The van der Waals surface area contributed by atoms with Gasteiger partial charge in [-0.15, -0.1) is 0 Å². The Morgan fingerprint density at radius 2 is 1.68 bits per heavy atom. The number of benzene rings is 2. The minimum Gasteiger partial charge on any atom is -0.348 e. The van der Waals surface area contributed by atoms with Crippen LogP contribution in [0.2, 0.25) is 0 Å². The van der Waals surface area contributed by atoms with E-state index in [2.05, 4.69) is 15.0 Å². The molecule has 0 saturated carbocycles. The van der Waals surface area contributed by atoms with Crippen LogP contribution in [0, 0.1) is 11.3 Å². The molecule has 1 aromatic heterocycles. The van der Waals surface area contributed by atoms with E-state index in [1.54, 1.807) is 36.7 Å². The normalized spacial score (nSPS) is 10.7. The summed E-state index contributed by atoms with van der Waals surface area (Å²) < 4.78 is 27.5. The summed E-state index contributed by atoms with van der Waals surface area (Å²) in [5, 5.41) is 11.8. The molecule has 0 radical (unpaired) electrons. The number of para-hydroxylation sites is 1. The highest BCUT2D eigenvalue weighted by atomic mass is 32.2. The second-order valence-electron chi connectivity index (χ2n) is 5.83. The molecule has 0 atom stereocenters. The molecule has 8 heteroatoms. The smallest absolute Gasteiger partial charge is 0.261 e. The summed E-state index contributed by atoms with van der Waals surface area (Å²) in [5.41, 5.74) is 1.66. The predicted molar refractivity (Wildman–Crippen MR) is 104 cm³/mol. The SMILES string of the molecule is N#Cc1ccccc1NS(=O)(=O)c1ccc(C(=O)NCc2ccncc2)cc1. The van der Waals surface area contributed by atoms with Gasteiger partial charge in [-0.3, -0.25) is 14.5 Å². The van der Waals surface area contributed by atoms with Gasteiger partial charge >= 0.3 is 0 Å². The quantitative estimate of drug-likeness (QED) is 0.670. The van der Waals surface area contributed by atoms with Crippen molar-refractivity contribution in [3.63, 3.8) is 0 Å². The topological polar surface area (TPSA) is 112 Å². The standard InChI is InChI=1S/C20H16N4O3S/c21-13-17-3-1-2-4-19(17)24-28(26,27)18-7-5-16(6-8-18)20(25)23-14-15-9-11-22-12-10-15/h1-12,24H,14H2,(H,23,25). The molecule has 0 fully saturated rings. The van der Waals surface area contributed by atoms with E-state index in [4.69, 9.17) is 5.26 Å². The second-order valence-corrected chi connectivity index (χ2v) is 7.51. The zero-order valence-corrected chi connectivity index (χ0v) is 15.5. The molecule has 0 spiro atoms. The summed E-state index contributed by atoms with van der Waals surface area (Å²) in [4.78, 5) is 16.1. The molecule has 140 valence electrons. The molecule has 0 unspecified atom stereocenters. The van der Waals surface area contributed by atoms with E-state index < -0.39 is 10.0 Å². The molecule has 2 N–H and O–H groups in total. The van der Waals surface area contributed by atoms with Gasteiger partial charge in [0.25, 0.3) is 15.9 Å². The first-order valence-corrected chi connectivity index (χ1v) is 9.77. The molecule has 0 saturated heterocycles. The van der Waals surface area contributed by atoms with Gasteiger partial charge in [0.1, 0.15) is 6.07 Å². The Kier molecular flexibility index (Phi) is 5.67. The van der Waals surface area contributed by atoms with Gasteiger partial charge in [-0.2, -0.15) is 5.26 Å². The Hall–Kier alpha value is -3.70. The first kappa shape index (κ1) is 19.1. The Balaban J connectivity index is 1.71. The molecule has 0 aliphatic rings. The van der Waals surface area contributed by atoms with Crippen LogP contribution in [0.25, 0.3) is 0 Å². The Morgan fingerprint density at radius 1 is 1.00 bits per heavy atom. The van der Waals surface area contributed by atoms with Gasteiger partial charge in [-0.1, -0.05) is 12.1 Å². The van der Waals surface area contributed by atoms with E-state index in [1.165, 1.54) is 36.4 Å². The minimum absolute atomic E-state index is 0.00840. The number of hydrogen-bond acceptors (Lipinski definition) is 5. The number of nitriles is 1. The number of carbonyl (C=O) groups excluding carboxylic acids is 1. The fraction of sp³-hybridized carbons (Fsp3) is 0.0500. The monoisotopic (exact) mass is 392 g/mol. The average molecular weight is 392 g/mol. The number of pyridine rings is 1. The van der Waals surface area contributed by atoms with Crippen molar-refractivity contribution in [3.8, 4) is 6.07 Å². The van der Waals surface area contributed by atoms with Crippen molar-refractivity contribution in [2.75, 3.05) is 4.72 Å². The van der Waals surface area contributed by atoms with Gasteiger partial charge in [0.15, 0.2) is 0 Å². The van der Waals surface area contributed by atoms with Crippen LogP contribution in [-0.2, 0) is 16.6 Å². The average Bonchev–Trinajstić information content (AvgIpc) is 2.73. The van der Waals surface area contributed by atoms with Crippen molar-refractivity contribution >= 4 is 21.6 Å². The molecule has 7 nitrogen and oxygen atoms in total. The number of carbonyl (C=O) groups is 1. The van der Waals surface area contributed by atoms with E-state index in [-0.39, 0.29) is 22.1 Å². The second kappa shape index (κ2) is 8.33. The summed E-state index contributed by atoms with van der Waals surface area (Å²) in [6.45, 7) is 0.341. The third kappa shape index (κ3) is 4.52. The van der Waals surface area contributed by atoms with Crippen molar-refractivity contribution in [2.24, 2.45) is 0 Å². The Bertz CT molecular complexity index is 1120. The van der Waals surface area contributed by atoms with Gasteiger partial charge in [0.2, 0.25) is 0 Å². The van der Waals surface area contributed by atoms with Crippen molar-refractivity contribution in [1.29, 1.82) is 5.26 Å². The number of rotatable bonds is 6. The molecule has 0 bridgehead atoms. The van der Waals surface area contributed by atoms with E-state index in [0.717, 1.165) is 5.56 Å². The molecule has 1 amide bonds. The number of sulfonamides is 1. The first-order chi connectivity index (χ1) is 13.5. The third-order valence-electron chi connectivity index (χ3n) is 3.92. The lowest BCUT2D eigenvalue weighted by Gasteiger charge is -2.10. The summed E-state index contributed by atoms with van der Waals surface area (Å²) >= 11 is 0. The van der Waals surface area contributed by atoms with Gasteiger partial charge in [-0.05, 0) is 54.1 Å². The maximum Gasteiger partial charge on any atom is 0.261 e. The molecule has 28 heavy (non-hydrogen) atoms. The van der Waals surface area contributed by atoms with Crippen molar-refractivity contribution < 1.29 is 13.2 Å². The molecule has 0 aliphatic carbocycles. The van der Waals surface area contributed by atoms with Crippen LogP contribution in [-0.4, -0.2) is 19.3 Å². The summed E-state index contributed by atoms with van der Waals surface area (Å²) in [7, 11) is -3.88. The van der Waals surface area contributed by atoms with E-state index in [0.29, 0.717) is 12.1 Å². The number of nitrogens with zero attached hydrogens (tertiary/aromatic N) is 2. The predicted octanol–water partition coefficient (Wildman–Crippen LogP) is 2.68. The molecule has 1 heterocycles. The maximum atomic E-state index is 12.5. The number of aromatic nitrogens is 1. The van der Waals surface area contributed by atoms with E-state index >= 15 is 0 Å². The number of hydrogen-bond donors (Lipinski definition) is 2. The van der Waals surface area contributed by atoms with Gasteiger partial charge in [0.05, 0.1) is 16.1 Å². The van der Waals surface area contributed by atoms with Crippen LogP contribution < -0.4 is 10.0 Å². The third-order valence-corrected chi connectivity index (χ3v) is 5.30. The lowest BCUT2D eigenvalue weighted by Crippen LogP contribution is -2.23. The van der Waals surface area contributed by atoms with Gasteiger partial charge in [0, 0.05) is 24.5 Å². The lowest BCUT2D eigenvalue weighted by molar-refractivity contribution is 0.0951. The van der Waals surface area contributed by atoms with E-state index in [1.807, 2.05) is 6.07 Å². The van der Waals surface area contributed by atoms with Gasteiger partial charge in [-0.25, -0.2) is 8.42 Å². The first-order valence-electron chi connectivity index (χ1n) is 8.29. The summed E-state index contributed by atoms with van der Waals surface area (Å²) in [6.07, 6.45) is 3.28. The van der Waals surface area contributed by atoms with Crippen LogP contribution in [0.1, 0.15) is 21.5 Å². The molecular weight excluding hydrogens is 376 g/mol. The Labute approximate surface area is 162 Å². The molecule has 2 aromatic carbocycles. The van der Waals surface area contributed by atoms with Crippen LogP contribution >= 0.6 is 0 Å². The zero-order valence-electron chi connectivity index (χ0n) is 14.7. The lowest BCUT2D eigenvalue weighted by atomic mass is 10.2. The van der Waals surface area contributed by atoms with Gasteiger partial charge < -0.3 is 5.32 Å². The highest BCUT2D eigenvalue weighted by Gasteiger charge is 2.16. The fourth-order valence-electron chi connectivity index (χ4n) is 2.44. The van der Waals surface area contributed by atoms with Crippen LogP contribution in [0.4, 0.5) is 5.69 Å². The Morgan fingerprint density at radius 3 is 2.36 bits per heavy atom. The van der Waals surface area contributed by atoms with Crippen molar-refractivity contribution in [3.05, 3.63) is 89.7 Å². The van der Waals surface area contributed by atoms with Crippen molar-refractivity contribution in [2.45, 2.75) is 11.4 Å². The fourth-order valence-corrected chi connectivity index (χ4v) is 3.52. The molecular formula is C20H16N4O3S.